The highest BCUT2D eigenvalue weighted by atomic mass is 35.5. The fourth-order valence-corrected chi connectivity index (χ4v) is 2.61. The summed E-state index contributed by atoms with van der Waals surface area (Å²) in [4.78, 5) is 4.27. The topological polar surface area (TPSA) is 74.2 Å². The van der Waals surface area contributed by atoms with Gasteiger partial charge in [0.05, 0.1) is 11.1 Å². The first-order valence-corrected chi connectivity index (χ1v) is 6.76. The third kappa shape index (κ3) is 3.20. The molecule has 2 aromatic rings. The first-order chi connectivity index (χ1) is 10.1. The molecule has 3 rings (SSSR count). The van der Waals surface area contributed by atoms with E-state index >= 15 is 0 Å². The molecular formula is C14H16ClF2N3O2. The largest absolute Gasteiger partial charge is 0.434 e. The monoisotopic (exact) mass is 331 g/mol. The molecule has 5 nitrogen and oxygen atoms in total. The molecule has 2 N–H and O–H groups in total. The molecule has 1 aliphatic rings. The van der Waals surface area contributed by atoms with Crippen molar-refractivity contribution >= 4 is 12.4 Å². The fraction of sp³-hybridized carbons (Fsp3) is 0.429. The predicted octanol–water partition coefficient (Wildman–Crippen LogP) is 3.49. The molecule has 0 bridgehead atoms. The molecule has 0 amide bonds. The number of hydrogen-bond acceptors (Lipinski definition) is 5. The minimum atomic E-state index is -2.91. The molecule has 8 heteroatoms. The molecule has 120 valence electrons. The van der Waals surface area contributed by atoms with E-state index in [-0.39, 0.29) is 24.0 Å². The highest BCUT2D eigenvalue weighted by Gasteiger charge is 2.36. The molecule has 0 unspecified atom stereocenters. The first kappa shape index (κ1) is 16.6. The molecule has 0 radical (unpaired) electrons. The fourth-order valence-electron chi connectivity index (χ4n) is 2.61. The zero-order chi connectivity index (χ0) is 14.9. The number of benzene rings is 1. The Hall–Kier alpha value is -1.73. The van der Waals surface area contributed by atoms with Crippen molar-refractivity contribution < 1.29 is 18.0 Å². The minimum absolute atomic E-state index is 0. The number of aromatic nitrogens is 2. The van der Waals surface area contributed by atoms with Crippen LogP contribution >= 0.6 is 12.4 Å². The zero-order valence-electron chi connectivity index (χ0n) is 11.7. The smallest absolute Gasteiger partial charge is 0.387 e. The van der Waals surface area contributed by atoms with Gasteiger partial charge >= 0.3 is 6.61 Å². The molecule has 0 spiro atoms. The molecule has 0 saturated heterocycles. The summed E-state index contributed by atoms with van der Waals surface area (Å²) < 4.78 is 34.5. The van der Waals surface area contributed by atoms with Crippen molar-refractivity contribution in [1.82, 2.24) is 10.1 Å². The van der Waals surface area contributed by atoms with Crippen LogP contribution < -0.4 is 10.5 Å². The van der Waals surface area contributed by atoms with E-state index in [0.717, 1.165) is 25.7 Å². The lowest BCUT2D eigenvalue weighted by Crippen LogP contribution is -2.34. The van der Waals surface area contributed by atoms with Crippen molar-refractivity contribution in [3.8, 4) is 17.2 Å². The molecule has 1 aliphatic carbocycles. The molecular weight excluding hydrogens is 316 g/mol. The van der Waals surface area contributed by atoms with E-state index in [4.69, 9.17) is 10.3 Å². The molecule has 22 heavy (non-hydrogen) atoms. The van der Waals surface area contributed by atoms with Crippen LogP contribution in [0.25, 0.3) is 11.5 Å². The second-order valence-corrected chi connectivity index (χ2v) is 5.16. The van der Waals surface area contributed by atoms with E-state index < -0.39 is 12.2 Å². The summed E-state index contributed by atoms with van der Waals surface area (Å²) in [5.41, 5.74) is 6.00. The average molecular weight is 332 g/mol. The van der Waals surface area contributed by atoms with Gasteiger partial charge in [-0.05, 0) is 25.0 Å². The molecule has 1 fully saturated rings. The van der Waals surface area contributed by atoms with Crippen LogP contribution in [0.3, 0.4) is 0 Å². The van der Waals surface area contributed by atoms with Crippen LogP contribution in [0.4, 0.5) is 8.78 Å². The Balaban J connectivity index is 0.00000176. The third-order valence-corrected chi connectivity index (χ3v) is 3.70. The van der Waals surface area contributed by atoms with E-state index in [0.29, 0.717) is 11.4 Å². The highest BCUT2D eigenvalue weighted by Crippen LogP contribution is 2.36. The number of rotatable bonds is 4. The quantitative estimate of drug-likeness (QED) is 0.928. The summed E-state index contributed by atoms with van der Waals surface area (Å²) >= 11 is 0. The molecule has 1 heterocycles. The molecule has 1 aromatic carbocycles. The minimum Gasteiger partial charge on any atom is -0.434 e. The Bertz CT molecular complexity index is 630. The van der Waals surface area contributed by atoms with Crippen LogP contribution in [0.1, 0.15) is 31.5 Å². The first-order valence-electron chi connectivity index (χ1n) is 6.76. The lowest BCUT2D eigenvalue weighted by atomic mass is 9.99. The van der Waals surface area contributed by atoms with Crippen LogP contribution in [-0.4, -0.2) is 16.8 Å². The Kier molecular flexibility index (Phi) is 4.97. The summed E-state index contributed by atoms with van der Waals surface area (Å²) in [6, 6.07) is 6.30. The Labute approximate surface area is 132 Å². The van der Waals surface area contributed by atoms with Gasteiger partial charge in [-0.1, -0.05) is 30.1 Å². The zero-order valence-corrected chi connectivity index (χ0v) is 12.5. The van der Waals surface area contributed by atoms with Crippen LogP contribution in [0.15, 0.2) is 28.8 Å². The maximum Gasteiger partial charge on any atom is 0.387 e. The van der Waals surface area contributed by atoms with E-state index in [1.165, 1.54) is 6.07 Å². The summed E-state index contributed by atoms with van der Waals surface area (Å²) in [5, 5.41) is 3.91. The molecule has 0 atom stereocenters. The predicted molar refractivity (Wildman–Crippen MR) is 77.9 cm³/mol. The number of nitrogens with two attached hydrogens (primary N) is 1. The second kappa shape index (κ2) is 6.58. The van der Waals surface area contributed by atoms with Gasteiger partial charge in [0.2, 0.25) is 0 Å². The van der Waals surface area contributed by atoms with Gasteiger partial charge in [-0.3, -0.25) is 0 Å². The normalized spacial score (nSPS) is 16.5. The van der Waals surface area contributed by atoms with Gasteiger partial charge in [-0.2, -0.15) is 13.8 Å². The number of ether oxygens (including phenoxy) is 1. The van der Waals surface area contributed by atoms with Gasteiger partial charge in [0, 0.05) is 0 Å². The van der Waals surface area contributed by atoms with Gasteiger partial charge in [0.1, 0.15) is 5.75 Å². The third-order valence-electron chi connectivity index (χ3n) is 3.70. The maximum absolute atomic E-state index is 12.4. The van der Waals surface area contributed by atoms with Crippen LogP contribution in [0.5, 0.6) is 5.75 Å². The standard InChI is InChI=1S/C14H15F2N3O2.ClH/c15-13(16)20-10-6-2-1-5-9(10)11-18-12(19-21-11)14(17)7-3-4-8-14;/h1-2,5-6,13H,3-4,7-8,17H2;1H. The molecule has 1 aromatic heterocycles. The van der Waals surface area contributed by atoms with E-state index in [1.807, 2.05) is 0 Å². The van der Waals surface area contributed by atoms with Crippen molar-refractivity contribution in [2.45, 2.75) is 37.8 Å². The van der Waals surface area contributed by atoms with Crippen molar-refractivity contribution in [2.24, 2.45) is 5.73 Å². The number of nitrogens with zero attached hydrogens (tertiary/aromatic N) is 2. The highest BCUT2D eigenvalue weighted by molar-refractivity contribution is 5.85. The number of hydrogen-bond donors (Lipinski definition) is 1. The number of para-hydroxylation sites is 1. The SMILES string of the molecule is Cl.NC1(c2noc(-c3ccccc3OC(F)F)n2)CCCC1. The Morgan fingerprint density at radius 2 is 1.91 bits per heavy atom. The summed E-state index contributed by atoms with van der Waals surface area (Å²) in [6.45, 7) is -2.91. The average Bonchev–Trinajstić information content (AvgIpc) is 3.08. The van der Waals surface area contributed by atoms with Gasteiger partial charge in [-0.15, -0.1) is 12.4 Å². The lowest BCUT2D eigenvalue weighted by Gasteiger charge is -2.17. The van der Waals surface area contributed by atoms with Gasteiger partial charge in [0.25, 0.3) is 5.89 Å². The van der Waals surface area contributed by atoms with E-state index in [2.05, 4.69) is 14.9 Å². The van der Waals surface area contributed by atoms with Crippen molar-refractivity contribution in [3.05, 3.63) is 30.1 Å². The van der Waals surface area contributed by atoms with Gasteiger partial charge < -0.3 is 15.0 Å². The Morgan fingerprint density at radius 3 is 2.59 bits per heavy atom. The molecule has 0 aliphatic heterocycles. The van der Waals surface area contributed by atoms with Crippen LogP contribution in [0, 0.1) is 0 Å². The number of alkyl halides is 2. The van der Waals surface area contributed by atoms with Gasteiger partial charge in [0.15, 0.2) is 5.82 Å². The maximum atomic E-state index is 12.4. The number of halogens is 3. The summed E-state index contributed by atoms with van der Waals surface area (Å²) in [6.07, 6.45) is 3.62. The van der Waals surface area contributed by atoms with E-state index in [1.54, 1.807) is 18.2 Å². The van der Waals surface area contributed by atoms with Crippen molar-refractivity contribution in [1.29, 1.82) is 0 Å². The lowest BCUT2D eigenvalue weighted by molar-refractivity contribution is -0.0495. The van der Waals surface area contributed by atoms with Crippen LogP contribution in [-0.2, 0) is 5.54 Å². The molecule has 1 saturated carbocycles. The second-order valence-electron chi connectivity index (χ2n) is 5.16. The Morgan fingerprint density at radius 1 is 1.23 bits per heavy atom. The van der Waals surface area contributed by atoms with Crippen molar-refractivity contribution in [2.75, 3.05) is 0 Å². The van der Waals surface area contributed by atoms with Crippen molar-refractivity contribution in [3.63, 3.8) is 0 Å². The summed E-state index contributed by atoms with van der Waals surface area (Å²) in [5.74, 6) is 0.556. The summed E-state index contributed by atoms with van der Waals surface area (Å²) in [7, 11) is 0. The van der Waals surface area contributed by atoms with Crippen LogP contribution in [0.2, 0.25) is 0 Å². The van der Waals surface area contributed by atoms with Gasteiger partial charge in [-0.25, -0.2) is 0 Å². The van der Waals surface area contributed by atoms with E-state index in [9.17, 15) is 8.78 Å².